The fourth-order valence-electron chi connectivity index (χ4n) is 1.85. The minimum atomic E-state index is -0.613. The summed E-state index contributed by atoms with van der Waals surface area (Å²) in [4.78, 5) is 27.6. The number of nitro benzene ring substituents is 2. The van der Waals surface area contributed by atoms with Crippen LogP contribution in [0.15, 0.2) is 36.7 Å². The number of nitrogens with zero attached hydrogens (tertiary/aromatic N) is 4. The van der Waals surface area contributed by atoms with Gasteiger partial charge in [-0.05, 0) is 12.1 Å². The standard InChI is InChI=1S/C8H4ClN3O2.C6H6ClN3O2/c9-5-3-6-7(11-2-1-10-6)4-8(5)12(13)14;7-3-1-4(8)5(9)2-6(3)10(11)12/h1-4H;1-2H,8-9H2. The average molecular weight is 397 g/mol. The molecule has 3 rings (SSSR count). The summed E-state index contributed by atoms with van der Waals surface area (Å²) in [6, 6.07) is 5.14. The first-order chi connectivity index (χ1) is 12.2. The van der Waals surface area contributed by atoms with Crippen LogP contribution in [0.5, 0.6) is 0 Å². The zero-order chi connectivity index (χ0) is 19.4. The van der Waals surface area contributed by atoms with Gasteiger partial charge in [-0.25, -0.2) is 0 Å². The van der Waals surface area contributed by atoms with Crippen molar-refractivity contribution in [3.05, 3.63) is 66.9 Å². The maximum Gasteiger partial charge on any atom is 0.290 e. The fourth-order valence-corrected chi connectivity index (χ4v) is 2.32. The Kier molecular flexibility index (Phi) is 5.70. The third-order valence-corrected chi connectivity index (χ3v) is 3.69. The van der Waals surface area contributed by atoms with Gasteiger partial charge in [0.15, 0.2) is 0 Å². The Morgan fingerprint density at radius 2 is 1.19 bits per heavy atom. The summed E-state index contributed by atoms with van der Waals surface area (Å²) in [6.45, 7) is 0. The zero-order valence-corrected chi connectivity index (χ0v) is 14.3. The third kappa shape index (κ3) is 4.23. The van der Waals surface area contributed by atoms with Crippen molar-refractivity contribution in [2.24, 2.45) is 0 Å². The molecule has 12 heteroatoms. The van der Waals surface area contributed by atoms with Crippen molar-refractivity contribution in [3.8, 4) is 0 Å². The molecule has 3 aromatic rings. The first-order valence-corrected chi connectivity index (χ1v) is 7.50. The summed E-state index contributed by atoms with van der Waals surface area (Å²) in [5.74, 6) is 0. The third-order valence-electron chi connectivity index (χ3n) is 3.08. The van der Waals surface area contributed by atoms with Crippen molar-refractivity contribution in [2.75, 3.05) is 11.5 Å². The molecule has 1 aromatic heterocycles. The minimum Gasteiger partial charge on any atom is -0.397 e. The lowest BCUT2D eigenvalue weighted by atomic mass is 10.2. The van der Waals surface area contributed by atoms with Crippen molar-refractivity contribution < 1.29 is 9.85 Å². The molecule has 0 atom stereocenters. The number of hydrogen-bond donors (Lipinski definition) is 2. The lowest BCUT2D eigenvalue weighted by molar-refractivity contribution is -0.384. The summed E-state index contributed by atoms with van der Waals surface area (Å²) < 4.78 is 0. The summed E-state index contributed by atoms with van der Waals surface area (Å²) >= 11 is 11.2. The van der Waals surface area contributed by atoms with Crippen LogP contribution in [0.4, 0.5) is 22.7 Å². The predicted molar refractivity (Wildman–Crippen MR) is 98.1 cm³/mol. The topological polar surface area (TPSA) is 164 Å². The smallest absolute Gasteiger partial charge is 0.290 e. The first-order valence-electron chi connectivity index (χ1n) is 6.74. The van der Waals surface area contributed by atoms with E-state index in [-0.39, 0.29) is 32.8 Å². The molecule has 0 fully saturated rings. The van der Waals surface area contributed by atoms with Gasteiger partial charge in [-0.3, -0.25) is 30.2 Å². The van der Waals surface area contributed by atoms with Crippen molar-refractivity contribution in [3.63, 3.8) is 0 Å². The van der Waals surface area contributed by atoms with Crippen molar-refractivity contribution in [2.45, 2.75) is 0 Å². The van der Waals surface area contributed by atoms with Crippen LogP contribution >= 0.6 is 23.2 Å². The second kappa shape index (κ2) is 7.76. The Bertz CT molecular complexity index is 1010. The molecule has 2 aromatic carbocycles. The maximum atomic E-state index is 10.5. The highest BCUT2D eigenvalue weighted by Gasteiger charge is 2.14. The molecule has 1 heterocycles. The van der Waals surface area contributed by atoms with E-state index in [0.717, 1.165) is 6.07 Å². The number of aromatic nitrogens is 2. The highest BCUT2D eigenvalue weighted by molar-refractivity contribution is 6.33. The molecule has 4 N–H and O–H groups in total. The number of halogens is 2. The number of anilines is 2. The molecular weight excluding hydrogens is 387 g/mol. The average Bonchev–Trinajstić information content (AvgIpc) is 2.57. The van der Waals surface area contributed by atoms with Gasteiger partial charge in [0.2, 0.25) is 0 Å². The Balaban J connectivity index is 0.000000190. The highest BCUT2D eigenvalue weighted by Crippen LogP contribution is 2.30. The Labute approximate surface area is 155 Å². The van der Waals surface area contributed by atoms with E-state index in [1.807, 2.05) is 0 Å². The van der Waals surface area contributed by atoms with E-state index in [1.54, 1.807) is 0 Å². The molecule has 0 unspecified atom stereocenters. The van der Waals surface area contributed by atoms with Crippen LogP contribution in [-0.4, -0.2) is 19.8 Å². The van der Waals surface area contributed by atoms with Gasteiger partial charge in [-0.2, -0.15) is 0 Å². The molecule has 0 aliphatic heterocycles. The normalized spacial score (nSPS) is 10.1. The van der Waals surface area contributed by atoms with Crippen LogP contribution in [0.25, 0.3) is 11.0 Å². The second-order valence-electron chi connectivity index (χ2n) is 4.80. The van der Waals surface area contributed by atoms with E-state index in [9.17, 15) is 20.2 Å². The molecule has 0 spiro atoms. The van der Waals surface area contributed by atoms with E-state index in [2.05, 4.69) is 9.97 Å². The quantitative estimate of drug-likeness (QED) is 0.376. The van der Waals surface area contributed by atoms with E-state index in [0.29, 0.717) is 11.0 Å². The predicted octanol–water partition coefficient (Wildman–Crippen LogP) is 3.60. The minimum absolute atomic E-state index is 0.00769. The first kappa shape index (κ1) is 19.1. The molecule has 0 saturated heterocycles. The van der Waals surface area contributed by atoms with Gasteiger partial charge >= 0.3 is 0 Å². The largest absolute Gasteiger partial charge is 0.397 e. The number of nitrogens with two attached hydrogens (primary N) is 2. The Hall–Kier alpha value is -3.24. The Morgan fingerprint density at radius 1 is 0.769 bits per heavy atom. The number of benzene rings is 2. The lowest BCUT2D eigenvalue weighted by Crippen LogP contribution is -1.97. The van der Waals surface area contributed by atoms with Gasteiger partial charge in [-0.15, -0.1) is 0 Å². The zero-order valence-electron chi connectivity index (χ0n) is 12.8. The monoisotopic (exact) mass is 396 g/mol. The molecule has 0 bridgehead atoms. The molecule has 26 heavy (non-hydrogen) atoms. The van der Waals surface area contributed by atoms with E-state index < -0.39 is 9.85 Å². The molecule has 0 radical (unpaired) electrons. The van der Waals surface area contributed by atoms with Gasteiger partial charge in [0, 0.05) is 24.5 Å². The van der Waals surface area contributed by atoms with Crippen molar-refractivity contribution >= 4 is 57.0 Å². The Morgan fingerprint density at radius 3 is 1.73 bits per heavy atom. The van der Waals surface area contributed by atoms with Crippen LogP contribution in [-0.2, 0) is 0 Å². The number of hydrogen-bond acceptors (Lipinski definition) is 8. The van der Waals surface area contributed by atoms with Gasteiger partial charge in [0.25, 0.3) is 11.4 Å². The molecule has 0 aliphatic carbocycles. The summed E-state index contributed by atoms with van der Waals surface area (Å²) in [6.07, 6.45) is 2.98. The summed E-state index contributed by atoms with van der Waals surface area (Å²) in [5, 5.41) is 20.9. The molecular formula is C14H10Cl2N6O4. The molecule has 0 saturated carbocycles. The van der Waals surface area contributed by atoms with Crippen LogP contribution in [0.3, 0.4) is 0 Å². The van der Waals surface area contributed by atoms with Gasteiger partial charge in [0.05, 0.1) is 32.3 Å². The summed E-state index contributed by atoms with van der Waals surface area (Å²) in [5.41, 5.74) is 11.7. The van der Waals surface area contributed by atoms with Gasteiger partial charge in [0.1, 0.15) is 10.0 Å². The second-order valence-corrected chi connectivity index (χ2v) is 5.61. The number of fused-ring (bicyclic) bond motifs is 1. The molecule has 134 valence electrons. The number of nitrogen functional groups attached to an aromatic ring is 2. The fraction of sp³-hybridized carbons (Fsp3) is 0. The van der Waals surface area contributed by atoms with E-state index >= 15 is 0 Å². The van der Waals surface area contributed by atoms with E-state index in [1.165, 1.54) is 30.6 Å². The van der Waals surface area contributed by atoms with Crippen LogP contribution < -0.4 is 11.5 Å². The van der Waals surface area contributed by atoms with Gasteiger partial charge < -0.3 is 11.5 Å². The van der Waals surface area contributed by atoms with Crippen LogP contribution in [0.2, 0.25) is 10.0 Å². The van der Waals surface area contributed by atoms with E-state index in [4.69, 9.17) is 34.7 Å². The summed E-state index contributed by atoms with van der Waals surface area (Å²) in [7, 11) is 0. The molecule has 10 nitrogen and oxygen atoms in total. The van der Waals surface area contributed by atoms with Crippen molar-refractivity contribution in [1.29, 1.82) is 0 Å². The number of rotatable bonds is 2. The van der Waals surface area contributed by atoms with Crippen LogP contribution in [0.1, 0.15) is 0 Å². The lowest BCUT2D eigenvalue weighted by Gasteiger charge is -2.00. The SMILES string of the molecule is Nc1cc(Cl)c([N+](=O)[O-])cc1N.O=[N+]([O-])c1cc2nccnc2cc1Cl. The molecule has 0 aliphatic rings. The van der Waals surface area contributed by atoms with Gasteiger partial charge in [-0.1, -0.05) is 23.2 Å². The maximum absolute atomic E-state index is 10.5. The van der Waals surface area contributed by atoms with Crippen LogP contribution in [0, 0.1) is 20.2 Å². The van der Waals surface area contributed by atoms with Crippen molar-refractivity contribution in [1.82, 2.24) is 9.97 Å². The molecule has 0 amide bonds. The number of nitro groups is 2. The highest BCUT2D eigenvalue weighted by atomic mass is 35.5.